The number of likely N-dealkylation sites (N-methyl/N-ethyl adjacent to an activating group) is 1. The predicted molar refractivity (Wildman–Crippen MR) is 72.3 cm³/mol. The zero-order chi connectivity index (χ0) is 14.7. The van der Waals surface area contributed by atoms with Crippen molar-refractivity contribution in [2.24, 2.45) is 0 Å². The molecule has 104 valence electrons. The van der Waals surface area contributed by atoms with Gasteiger partial charge in [-0.25, -0.2) is 0 Å². The predicted octanol–water partition coefficient (Wildman–Crippen LogP) is 0.613. The first-order valence-corrected chi connectivity index (χ1v) is 6.23. The third-order valence-corrected chi connectivity index (χ3v) is 3.10. The summed E-state index contributed by atoms with van der Waals surface area (Å²) < 4.78 is 5.50. The summed E-state index contributed by atoms with van der Waals surface area (Å²) in [7, 11) is 1.68. The molecule has 0 spiro atoms. The molecule has 1 atom stereocenters. The lowest BCUT2D eigenvalue weighted by Gasteiger charge is -2.30. The van der Waals surface area contributed by atoms with Crippen molar-refractivity contribution in [3.8, 4) is 11.8 Å². The van der Waals surface area contributed by atoms with E-state index in [1.165, 1.54) is 4.90 Å². The zero-order valence-corrected chi connectivity index (χ0v) is 11.3. The van der Waals surface area contributed by atoms with Crippen LogP contribution in [0.15, 0.2) is 18.2 Å². The second kappa shape index (κ2) is 5.61. The highest BCUT2D eigenvalue weighted by atomic mass is 16.5. The summed E-state index contributed by atoms with van der Waals surface area (Å²) in [4.78, 5) is 24.9. The first kappa shape index (κ1) is 13.9. The molecule has 0 aliphatic carbocycles. The molecular weight excluding hydrogens is 258 g/mol. The van der Waals surface area contributed by atoms with Crippen LogP contribution in [0.5, 0.6) is 5.75 Å². The maximum atomic E-state index is 11.8. The summed E-state index contributed by atoms with van der Waals surface area (Å²) in [6, 6.07) is 7.13. The van der Waals surface area contributed by atoms with Crippen LogP contribution in [-0.4, -0.2) is 31.5 Å². The van der Waals surface area contributed by atoms with Gasteiger partial charge >= 0.3 is 0 Å². The third-order valence-electron chi connectivity index (χ3n) is 3.10. The first-order chi connectivity index (χ1) is 9.52. The Morgan fingerprint density at radius 1 is 1.55 bits per heavy atom. The van der Waals surface area contributed by atoms with Crippen LogP contribution in [0.25, 0.3) is 0 Å². The molecule has 0 fully saturated rings. The second-order valence-electron chi connectivity index (χ2n) is 4.57. The highest BCUT2D eigenvalue weighted by Crippen LogP contribution is 2.33. The first-order valence-electron chi connectivity index (χ1n) is 6.23. The molecule has 1 aliphatic rings. The fraction of sp³-hybridized carbons (Fsp3) is 0.357. The van der Waals surface area contributed by atoms with E-state index in [4.69, 9.17) is 10.00 Å². The van der Waals surface area contributed by atoms with Crippen molar-refractivity contribution in [2.45, 2.75) is 19.4 Å². The van der Waals surface area contributed by atoms with Crippen LogP contribution in [-0.2, 0) is 16.0 Å². The number of anilines is 1. The fourth-order valence-electron chi connectivity index (χ4n) is 2.05. The number of ether oxygens (including phenoxy) is 1. The van der Waals surface area contributed by atoms with Crippen LogP contribution in [0.1, 0.15) is 12.5 Å². The lowest BCUT2D eigenvalue weighted by Crippen LogP contribution is -2.42. The van der Waals surface area contributed by atoms with Gasteiger partial charge in [-0.2, -0.15) is 5.26 Å². The van der Waals surface area contributed by atoms with Crippen LogP contribution in [0.3, 0.4) is 0 Å². The number of amides is 2. The molecule has 1 aliphatic heterocycles. The van der Waals surface area contributed by atoms with Crippen molar-refractivity contribution in [3.05, 3.63) is 23.8 Å². The Balaban J connectivity index is 2.18. The van der Waals surface area contributed by atoms with Gasteiger partial charge in [0.1, 0.15) is 12.3 Å². The summed E-state index contributed by atoms with van der Waals surface area (Å²) in [6.45, 7) is 1.69. The standard InChI is InChI=1S/C14H15N3O3/c1-9-14(19)17(2)11-7-10(3-4-12(11)20-9)8-13(18)16-6-5-15/h3-4,7,9H,6,8H2,1-2H3,(H,16,18). The van der Waals surface area contributed by atoms with Crippen LogP contribution < -0.4 is 15.0 Å². The molecule has 0 radical (unpaired) electrons. The van der Waals surface area contributed by atoms with Gasteiger partial charge in [0.15, 0.2) is 6.10 Å². The highest BCUT2D eigenvalue weighted by molar-refractivity contribution is 5.99. The number of carbonyl (C=O) groups excluding carboxylic acids is 2. The van der Waals surface area contributed by atoms with E-state index in [-0.39, 0.29) is 24.8 Å². The smallest absolute Gasteiger partial charge is 0.267 e. The molecule has 1 unspecified atom stereocenters. The summed E-state index contributed by atoms with van der Waals surface area (Å²) in [6.07, 6.45) is -0.343. The van der Waals surface area contributed by atoms with E-state index in [1.807, 2.05) is 6.07 Å². The van der Waals surface area contributed by atoms with Gasteiger partial charge in [0.2, 0.25) is 5.91 Å². The molecule has 0 saturated carbocycles. The van der Waals surface area contributed by atoms with E-state index in [0.717, 1.165) is 5.56 Å². The number of nitrogens with zero attached hydrogens (tertiary/aromatic N) is 2. The molecule has 0 bridgehead atoms. The van der Waals surface area contributed by atoms with Crippen LogP contribution in [0.4, 0.5) is 5.69 Å². The molecule has 1 aromatic rings. The molecule has 2 rings (SSSR count). The summed E-state index contributed by atoms with van der Waals surface area (Å²) >= 11 is 0. The molecule has 2 amide bonds. The minimum absolute atomic E-state index is 0.0111. The lowest BCUT2D eigenvalue weighted by molar-refractivity contribution is -0.125. The fourth-order valence-corrected chi connectivity index (χ4v) is 2.05. The average Bonchev–Trinajstić information content (AvgIpc) is 2.43. The van der Waals surface area contributed by atoms with Gasteiger partial charge in [-0.3, -0.25) is 9.59 Å². The number of nitrogens with one attached hydrogen (secondary N) is 1. The minimum atomic E-state index is -0.503. The maximum Gasteiger partial charge on any atom is 0.267 e. The number of rotatable bonds is 3. The Hall–Kier alpha value is -2.55. The number of hydrogen-bond acceptors (Lipinski definition) is 4. The van der Waals surface area contributed by atoms with Crippen molar-refractivity contribution in [1.82, 2.24) is 5.32 Å². The van der Waals surface area contributed by atoms with Gasteiger partial charge in [0, 0.05) is 7.05 Å². The number of hydrogen-bond donors (Lipinski definition) is 1. The van der Waals surface area contributed by atoms with Gasteiger partial charge < -0.3 is 15.0 Å². The Kier molecular flexibility index (Phi) is 3.89. The van der Waals surface area contributed by atoms with Gasteiger partial charge in [-0.05, 0) is 24.6 Å². The number of nitriles is 1. The Morgan fingerprint density at radius 3 is 3.00 bits per heavy atom. The molecule has 1 N–H and O–H groups in total. The second-order valence-corrected chi connectivity index (χ2v) is 4.57. The average molecular weight is 273 g/mol. The Bertz CT molecular complexity index is 592. The summed E-state index contributed by atoms with van der Waals surface area (Å²) in [5.41, 5.74) is 1.41. The molecule has 1 aromatic carbocycles. The van der Waals surface area contributed by atoms with Gasteiger partial charge in [-0.1, -0.05) is 6.07 Å². The van der Waals surface area contributed by atoms with Crippen molar-refractivity contribution in [3.63, 3.8) is 0 Å². The van der Waals surface area contributed by atoms with E-state index < -0.39 is 6.10 Å². The quantitative estimate of drug-likeness (QED) is 0.818. The van der Waals surface area contributed by atoms with Gasteiger partial charge in [0.25, 0.3) is 5.91 Å². The van der Waals surface area contributed by atoms with Crippen molar-refractivity contribution < 1.29 is 14.3 Å². The Labute approximate surface area is 116 Å². The van der Waals surface area contributed by atoms with Crippen molar-refractivity contribution in [1.29, 1.82) is 5.26 Å². The molecule has 20 heavy (non-hydrogen) atoms. The summed E-state index contributed by atoms with van der Waals surface area (Å²) in [5, 5.41) is 10.9. The minimum Gasteiger partial charge on any atom is -0.479 e. The molecule has 0 aromatic heterocycles. The number of fused-ring (bicyclic) bond motifs is 1. The van der Waals surface area contributed by atoms with E-state index in [1.54, 1.807) is 32.2 Å². The normalized spacial score (nSPS) is 16.9. The van der Waals surface area contributed by atoms with Crippen molar-refractivity contribution in [2.75, 3.05) is 18.5 Å². The van der Waals surface area contributed by atoms with E-state index >= 15 is 0 Å². The number of carbonyl (C=O) groups is 2. The largest absolute Gasteiger partial charge is 0.479 e. The molecule has 1 heterocycles. The van der Waals surface area contributed by atoms with E-state index in [9.17, 15) is 9.59 Å². The topological polar surface area (TPSA) is 82.4 Å². The SMILES string of the molecule is CC1Oc2ccc(CC(=O)NCC#N)cc2N(C)C1=O. The summed E-state index contributed by atoms with van der Waals surface area (Å²) in [5.74, 6) is 0.273. The molecule has 6 heteroatoms. The number of benzene rings is 1. The lowest BCUT2D eigenvalue weighted by atomic mass is 10.1. The van der Waals surface area contributed by atoms with E-state index in [0.29, 0.717) is 11.4 Å². The van der Waals surface area contributed by atoms with Gasteiger partial charge in [0.05, 0.1) is 18.2 Å². The third kappa shape index (κ3) is 2.72. The molecular formula is C14H15N3O3. The van der Waals surface area contributed by atoms with Crippen LogP contribution in [0.2, 0.25) is 0 Å². The van der Waals surface area contributed by atoms with Crippen LogP contribution >= 0.6 is 0 Å². The van der Waals surface area contributed by atoms with E-state index in [2.05, 4.69) is 5.32 Å². The maximum absolute atomic E-state index is 11.8. The molecule has 0 saturated heterocycles. The highest BCUT2D eigenvalue weighted by Gasteiger charge is 2.28. The zero-order valence-electron chi connectivity index (χ0n) is 11.3. The Morgan fingerprint density at radius 2 is 2.30 bits per heavy atom. The van der Waals surface area contributed by atoms with Gasteiger partial charge in [-0.15, -0.1) is 0 Å². The monoisotopic (exact) mass is 273 g/mol. The van der Waals surface area contributed by atoms with Crippen molar-refractivity contribution >= 4 is 17.5 Å². The van der Waals surface area contributed by atoms with Crippen LogP contribution in [0, 0.1) is 11.3 Å². The molecule has 6 nitrogen and oxygen atoms in total.